The van der Waals surface area contributed by atoms with Crippen LogP contribution in [0.25, 0.3) is 11.1 Å². The molecule has 2 aromatic rings. The number of hydrogen-bond acceptors (Lipinski definition) is 3. The molecule has 1 aliphatic carbocycles. The summed E-state index contributed by atoms with van der Waals surface area (Å²) in [5.74, 6) is -6.95. The molecule has 3 amide bonds. The summed E-state index contributed by atoms with van der Waals surface area (Å²) in [4.78, 5) is 41.5. The predicted octanol–water partition coefficient (Wildman–Crippen LogP) is 5.00. The van der Waals surface area contributed by atoms with E-state index in [-0.39, 0.29) is 5.91 Å². The summed E-state index contributed by atoms with van der Waals surface area (Å²) >= 11 is 0. The van der Waals surface area contributed by atoms with Gasteiger partial charge < -0.3 is 15.5 Å². The van der Waals surface area contributed by atoms with Gasteiger partial charge in [-0.15, -0.1) is 0 Å². The molecule has 1 aliphatic heterocycles. The second kappa shape index (κ2) is 9.99. The van der Waals surface area contributed by atoms with E-state index in [2.05, 4.69) is 5.32 Å². The van der Waals surface area contributed by atoms with Gasteiger partial charge in [-0.2, -0.15) is 22.0 Å². The van der Waals surface area contributed by atoms with Crippen molar-refractivity contribution in [1.29, 1.82) is 0 Å². The zero-order valence-corrected chi connectivity index (χ0v) is 20.9. The van der Waals surface area contributed by atoms with E-state index in [4.69, 9.17) is 0 Å². The molecule has 2 N–H and O–H groups in total. The average molecular weight is 538 g/mol. The lowest BCUT2D eigenvalue weighted by Crippen LogP contribution is -2.52. The maximum atomic E-state index is 13.9. The Morgan fingerprint density at radius 3 is 2.16 bits per heavy atom. The molecule has 4 rings (SSSR count). The van der Waals surface area contributed by atoms with Gasteiger partial charge in [-0.25, -0.2) is 0 Å². The molecule has 1 unspecified atom stereocenters. The number of nitrogens with zero attached hydrogens (tertiary/aromatic N) is 1. The van der Waals surface area contributed by atoms with Crippen molar-refractivity contribution < 1.29 is 36.3 Å². The lowest BCUT2D eigenvalue weighted by atomic mass is 9.89. The fraction of sp³-hybridized carbons (Fsp3) is 0.444. The van der Waals surface area contributed by atoms with Crippen LogP contribution >= 0.6 is 0 Å². The summed E-state index contributed by atoms with van der Waals surface area (Å²) in [7, 11) is 0. The van der Waals surface area contributed by atoms with Crippen molar-refractivity contribution in [2.45, 2.75) is 51.3 Å². The van der Waals surface area contributed by atoms with E-state index in [1.807, 2.05) is 41.7 Å². The Morgan fingerprint density at radius 2 is 1.53 bits per heavy atom. The van der Waals surface area contributed by atoms with Crippen LogP contribution in [0.5, 0.6) is 0 Å². The molecule has 0 bridgehead atoms. The summed E-state index contributed by atoms with van der Waals surface area (Å²) in [6, 6.07) is 13.3. The van der Waals surface area contributed by atoms with Crippen LogP contribution in [-0.2, 0) is 14.4 Å². The highest BCUT2D eigenvalue weighted by Gasteiger charge is 2.56. The Morgan fingerprint density at radius 1 is 0.921 bits per heavy atom. The van der Waals surface area contributed by atoms with Crippen molar-refractivity contribution in [3.63, 3.8) is 0 Å². The molecular formula is C27H28F5N3O3. The van der Waals surface area contributed by atoms with E-state index in [1.54, 1.807) is 17.0 Å². The number of carbonyl (C=O) groups excluding carboxylic acids is 3. The first-order valence-electron chi connectivity index (χ1n) is 12.3. The van der Waals surface area contributed by atoms with Crippen LogP contribution < -0.4 is 15.5 Å². The number of anilines is 1. The second-order valence-electron chi connectivity index (χ2n) is 10.2. The van der Waals surface area contributed by atoms with Gasteiger partial charge in [-0.05, 0) is 49.8 Å². The quantitative estimate of drug-likeness (QED) is 0.368. The maximum Gasteiger partial charge on any atom is 0.453 e. The number of carbonyl (C=O) groups is 3. The third kappa shape index (κ3) is 5.37. The zero-order chi connectivity index (χ0) is 27.9. The van der Waals surface area contributed by atoms with Crippen molar-refractivity contribution >= 4 is 23.4 Å². The third-order valence-electron chi connectivity index (χ3n) is 6.96. The van der Waals surface area contributed by atoms with Gasteiger partial charge in [-0.3, -0.25) is 14.4 Å². The van der Waals surface area contributed by atoms with Gasteiger partial charge in [0.2, 0.25) is 11.8 Å². The lowest BCUT2D eigenvalue weighted by Gasteiger charge is -2.29. The summed E-state index contributed by atoms with van der Waals surface area (Å²) in [5, 5.41) is 4.65. The molecule has 0 saturated heterocycles. The van der Waals surface area contributed by atoms with E-state index in [0.717, 1.165) is 24.0 Å². The van der Waals surface area contributed by atoms with Gasteiger partial charge in [0, 0.05) is 25.1 Å². The Hall–Kier alpha value is -3.50. The number of amides is 3. The molecule has 6 nitrogen and oxygen atoms in total. The lowest BCUT2D eigenvalue weighted by molar-refractivity contribution is -0.283. The van der Waals surface area contributed by atoms with Crippen molar-refractivity contribution in [3.05, 3.63) is 54.1 Å². The number of alkyl halides is 5. The average Bonchev–Trinajstić information content (AvgIpc) is 3.69. The highest BCUT2D eigenvalue weighted by Crippen LogP contribution is 2.42. The Bertz CT molecular complexity index is 1240. The Kier molecular flexibility index (Phi) is 7.24. The molecule has 1 fully saturated rings. The van der Waals surface area contributed by atoms with E-state index in [9.17, 15) is 36.3 Å². The van der Waals surface area contributed by atoms with Gasteiger partial charge >= 0.3 is 12.1 Å². The molecule has 0 spiro atoms. The van der Waals surface area contributed by atoms with Crippen LogP contribution in [0.1, 0.15) is 44.7 Å². The first-order valence-corrected chi connectivity index (χ1v) is 12.3. The molecule has 204 valence electrons. The van der Waals surface area contributed by atoms with Gasteiger partial charge in [0.15, 0.2) is 0 Å². The van der Waals surface area contributed by atoms with Crippen LogP contribution in [0.4, 0.5) is 27.6 Å². The molecule has 11 heteroatoms. The van der Waals surface area contributed by atoms with Gasteiger partial charge in [0.1, 0.15) is 11.5 Å². The minimum Gasteiger partial charge on any atom is -0.355 e. The van der Waals surface area contributed by atoms with Crippen LogP contribution in [0, 0.1) is 11.3 Å². The molecule has 1 saturated carbocycles. The fourth-order valence-electron chi connectivity index (χ4n) is 4.34. The molecule has 0 radical (unpaired) electrons. The largest absolute Gasteiger partial charge is 0.453 e. The Labute approximate surface area is 216 Å². The fourth-order valence-corrected chi connectivity index (χ4v) is 4.34. The van der Waals surface area contributed by atoms with Crippen LogP contribution in [0.3, 0.4) is 0 Å². The van der Waals surface area contributed by atoms with Crippen LogP contribution in [0.15, 0.2) is 48.5 Å². The normalized spacial score (nSPS) is 17.8. The van der Waals surface area contributed by atoms with Crippen molar-refractivity contribution in [2.24, 2.45) is 11.3 Å². The molecular weight excluding hydrogens is 509 g/mol. The third-order valence-corrected chi connectivity index (χ3v) is 6.96. The van der Waals surface area contributed by atoms with Gasteiger partial charge in [0.05, 0.1) is 5.69 Å². The SMILES string of the molecule is CC(C)(C(=O)NCCC(F)(F)C(F)(F)F)C(=O)NC1C(=O)N(CC2CC2)c2ccccc2-c2ccccc21. The molecule has 38 heavy (non-hydrogen) atoms. The van der Waals surface area contributed by atoms with E-state index in [1.165, 1.54) is 13.8 Å². The summed E-state index contributed by atoms with van der Waals surface area (Å²) in [6.45, 7) is 1.90. The standard InChI is InChI=1S/C27H28F5N3O3/c1-25(2,23(37)33-14-13-26(28,29)27(30,31)32)24(38)34-21-19-9-4-3-7-17(19)18-8-5-6-10-20(18)35(22(21)36)15-16-11-12-16/h3-10,16,21H,11-15H2,1-2H3,(H,33,37)(H,34,38). The minimum absolute atomic E-state index is 0.335. The minimum atomic E-state index is -5.75. The number of hydrogen-bond donors (Lipinski definition) is 2. The highest BCUT2D eigenvalue weighted by molar-refractivity contribution is 6.09. The molecule has 2 aliphatic rings. The molecule has 2 aromatic carbocycles. The molecule has 1 heterocycles. The van der Waals surface area contributed by atoms with Crippen LogP contribution in [-0.4, -0.2) is 42.9 Å². The predicted molar refractivity (Wildman–Crippen MR) is 130 cm³/mol. The molecule has 1 atom stereocenters. The Balaban J connectivity index is 1.57. The van der Waals surface area contributed by atoms with Gasteiger partial charge in [0.25, 0.3) is 5.91 Å². The molecule has 0 aromatic heterocycles. The number of fused-ring (bicyclic) bond motifs is 3. The van der Waals surface area contributed by atoms with E-state index in [0.29, 0.717) is 23.7 Å². The topological polar surface area (TPSA) is 78.5 Å². The number of halogens is 5. The number of para-hydroxylation sites is 1. The summed E-state index contributed by atoms with van der Waals surface area (Å²) < 4.78 is 63.7. The first-order chi connectivity index (χ1) is 17.7. The zero-order valence-electron chi connectivity index (χ0n) is 20.9. The highest BCUT2D eigenvalue weighted by atomic mass is 19.4. The summed E-state index contributed by atoms with van der Waals surface area (Å²) in [6.07, 6.45) is -5.45. The second-order valence-corrected chi connectivity index (χ2v) is 10.2. The van der Waals surface area contributed by atoms with Crippen LogP contribution in [0.2, 0.25) is 0 Å². The van der Waals surface area contributed by atoms with Crippen molar-refractivity contribution in [2.75, 3.05) is 18.0 Å². The van der Waals surface area contributed by atoms with Gasteiger partial charge in [-0.1, -0.05) is 42.5 Å². The van der Waals surface area contributed by atoms with Crippen molar-refractivity contribution in [3.8, 4) is 11.1 Å². The smallest absolute Gasteiger partial charge is 0.355 e. The number of rotatable bonds is 8. The van der Waals surface area contributed by atoms with E-state index < -0.39 is 48.3 Å². The van der Waals surface area contributed by atoms with Crippen molar-refractivity contribution in [1.82, 2.24) is 10.6 Å². The monoisotopic (exact) mass is 537 g/mol. The number of nitrogens with one attached hydrogen (secondary N) is 2. The summed E-state index contributed by atoms with van der Waals surface area (Å²) in [5.41, 5.74) is 0.908. The maximum absolute atomic E-state index is 13.9. The van der Waals surface area contributed by atoms with E-state index >= 15 is 0 Å². The first kappa shape index (κ1) is 27.5. The number of benzene rings is 2.